The Bertz CT molecular complexity index is 513. The van der Waals surface area contributed by atoms with Crippen molar-refractivity contribution in [2.24, 2.45) is 0 Å². The summed E-state index contributed by atoms with van der Waals surface area (Å²) in [5, 5.41) is 17.0. The molecule has 0 saturated carbocycles. The summed E-state index contributed by atoms with van der Waals surface area (Å²) in [6.45, 7) is 0. The number of alkyl halides is 3. The highest BCUT2D eigenvalue weighted by molar-refractivity contribution is 5.53. The number of rotatable bonds is 2. The zero-order chi connectivity index (χ0) is 13.1. The summed E-state index contributed by atoms with van der Waals surface area (Å²) in [5.41, 5.74) is 4.88. The van der Waals surface area contributed by atoms with E-state index >= 15 is 0 Å². The molecule has 0 saturated heterocycles. The van der Waals surface area contributed by atoms with Gasteiger partial charge in [0, 0.05) is 0 Å². The summed E-state index contributed by atoms with van der Waals surface area (Å²) in [6, 6.07) is 4.15. The van der Waals surface area contributed by atoms with Crippen molar-refractivity contribution < 1.29 is 17.9 Å². The molecule has 88 valence electrons. The molecule has 0 amide bonds. The Labute approximate surface area is 93.8 Å². The third-order valence-electron chi connectivity index (χ3n) is 1.68. The van der Waals surface area contributed by atoms with Crippen LogP contribution in [-0.4, -0.2) is 11.3 Å². The highest BCUT2D eigenvalue weighted by Gasteiger charge is 2.33. The number of nitriles is 2. The van der Waals surface area contributed by atoms with E-state index in [0.29, 0.717) is 0 Å². The Morgan fingerprint density at radius 1 is 1.41 bits per heavy atom. The summed E-state index contributed by atoms with van der Waals surface area (Å²) in [7, 11) is 0. The van der Waals surface area contributed by atoms with Crippen LogP contribution in [0, 0.1) is 22.7 Å². The molecule has 0 aliphatic carbocycles. The first-order valence-electron chi connectivity index (χ1n) is 4.19. The van der Waals surface area contributed by atoms with E-state index in [1.807, 2.05) is 0 Å². The summed E-state index contributed by atoms with van der Waals surface area (Å²) in [5.74, 6) is -0.903. The first kappa shape index (κ1) is 12.6. The van der Waals surface area contributed by atoms with Crippen molar-refractivity contribution >= 4 is 5.69 Å². The van der Waals surface area contributed by atoms with E-state index in [2.05, 4.69) is 9.72 Å². The van der Waals surface area contributed by atoms with Crippen LogP contribution in [0.3, 0.4) is 0 Å². The number of nitrogens with zero attached hydrogens (tertiary/aromatic N) is 3. The predicted octanol–water partition coefficient (Wildman–Crippen LogP) is 1.50. The maximum Gasteiger partial charge on any atom is 0.574 e. The van der Waals surface area contributed by atoms with Gasteiger partial charge in [-0.15, -0.1) is 13.2 Å². The average molecular weight is 242 g/mol. The minimum atomic E-state index is -4.96. The van der Waals surface area contributed by atoms with E-state index in [9.17, 15) is 13.2 Å². The van der Waals surface area contributed by atoms with Crippen LogP contribution in [0.2, 0.25) is 0 Å². The standard InChI is InChI=1S/C9H5F3N4O/c10-9(11,12)17-8-5(4-14)3-6(15)7(16-8)1-2-13/h3H,1,15H2. The zero-order valence-electron chi connectivity index (χ0n) is 8.25. The summed E-state index contributed by atoms with van der Waals surface area (Å²) >= 11 is 0. The van der Waals surface area contributed by atoms with Crippen LogP contribution in [0.4, 0.5) is 18.9 Å². The monoisotopic (exact) mass is 242 g/mol. The molecule has 0 aliphatic heterocycles. The molecular formula is C9H5F3N4O. The molecule has 1 rings (SSSR count). The quantitative estimate of drug-likeness (QED) is 0.847. The van der Waals surface area contributed by atoms with Crippen LogP contribution >= 0.6 is 0 Å². The lowest BCUT2D eigenvalue weighted by Gasteiger charge is -2.11. The molecule has 17 heavy (non-hydrogen) atoms. The van der Waals surface area contributed by atoms with Crippen LogP contribution in [0.1, 0.15) is 11.3 Å². The van der Waals surface area contributed by atoms with E-state index in [4.69, 9.17) is 16.3 Å². The van der Waals surface area contributed by atoms with Gasteiger partial charge in [-0.3, -0.25) is 0 Å². The van der Waals surface area contributed by atoms with Gasteiger partial charge in [-0.2, -0.15) is 10.5 Å². The molecule has 1 aromatic heterocycles. The number of anilines is 1. The van der Waals surface area contributed by atoms with E-state index in [-0.39, 0.29) is 17.8 Å². The van der Waals surface area contributed by atoms with Gasteiger partial charge >= 0.3 is 6.36 Å². The molecule has 8 heteroatoms. The molecule has 0 fully saturated rings. The number of nitrogens with two attached hydrogens (primary N) is 1. The number of hydrogen-bond acceptors (Lipinski definition) is 5. The number of pyridine rings is 1. The van der Waals surface area contributed by atoms with Crippen molar-refractivity contribution in [1.29, 1.82) is 10.5 Å². The Hall–Kier alpha value is -2.48. The van der Waals surface area contributed by atoms with Gasteiger partial charge < -0.3 is 10.5 Å². The topological polar surface area (TPSA) is 95.7 Å². The number of nitrogen functional groups attached to an aromatic ring is 1. The number of hydrogen-bond donors (Lipinski definition) is 1. The smallest absolute Gasteiger partial charge is 0.397 e. The van der Waals surface area contributed by atoms with E-state index in [1.54, 1.807) is 6.07 Å². The largest absolute Gasteiger partial charge is 0.574 e. The minimum Gasteiger partial charge on any atom is -0.397 e. The molecule has 1 aromatic rings. The predicted molar refractivity (Wildman–Crippen MR) is 49.4 cm³/mol. The Balaban J connectivity index is 3.24. The second-order valence-electron chi connectivity index (χ2n) is 2.87. The van der Waals surface area contributed by atoms with Crippen LogP contribution in [0.25, 0.3) is 0 Å². The Kier molecular flexibility index (Phi) is 3.39. The SMILES string of the molecule is N#CCc1nc(OC(F)(F)F)c(C#N)cc1N. The third-order valence-corrected chi connectivity index (χ3v) is 1.68. The van der Waals surface area contributed by atoms with Crippen LogP contribution < -0.4 is 10.5 Å². The van der Waals surface area contributed by atoms with Gasteiger partial charge in [-0.05, 0) is 6.07 Å². The molecule has 0 bridgehead atoms. The van der Waals surface area contributed by atoms with Gasteiger partial charge in [0.25, 0.3) is 0 Å². The lowest BCUT2D eigenvalue weighted by Crippen LogP contribution is -2.19. The first-order valence-corrected chi connectivity index (χ1v) is 4.19. The van der Waals surface area contributed by atoms with Crippen molar-refractivity contribution in [2.75, 3.05) is 5.73 Å². The third kappa shape index (κ3) is 3.24. The van der Waals surface area contributed by atoms with Crippen molar-refractivity contribution in [1.82, 2.24) is 4.98 Å². The molecule has 2 N–H and O–H groups in total. The Morgan fingerprint density at radius 3 is 2.53 bits per heavy atom. The fourth-order valence-electron chi connectivity index (χ4n) is 1.03. The lowest BCUT2D eigenvalue weighted by molar-refractivity contribution is -0.276. The van der Waals surface area contributed by atoms with E-state index in [0.717, 1.165) is 6.07 Å². The second-order valence-corrected chi connectivity index (χ2v) is 2.87. The van der Waals surface area contributed by atoms with Crippen LogP contribution in [-0.2, 0) is 6.42 Å². The van der Waals surface area contributed by atoms with Crippen LogP contribution in [0.15, 0.2) is 6.07 Å². The van der Waals surface area contributed by atoms with Gasteiger partial charge in [0.2, 0.25) is 5.88 Å². The fourth-order valence-corrected chi connectivity index (χ4v) is 1.03. The van der Waals surface area contributed by atoms with Gasteiger partial charge in [-0.1, -0.05) is 0 Å². The van der Waals surface area contributed by atoms with Crippen molar-refractivity contribution in [3.05, 3.63) is 17.3 Å². The molecule has 0 unspecified atom stereocenters. The first-order chi connectivity index (χ1) is 7.87. The van der Waals surface area contributed by atoms with Crippen molar-refractivity contribution in [3.63, 3.8) is 0 Å². The zero-order valence-corrected chi connectivity index (χ0v) is 8.25. The van der Waals surface area contributed by atoms with Gasteiger partial charge in [0.1, 0.15) is 11.6 Å². The highest BCUT2D eigenvalue weighted by Crippen LogP contribution is 2.26. The molecular weight excluding hydrogens is 237 g/mol. The minimum absolute atomic E-state index is 0.0300. The molecule has 5 nitrogen and oxygen atoms in total. The van der Waals surface area contributed by atoms with E-state index < -0.39 is 17.8 Å². The van der Waals surface area contributed by atoms with Crippen LogP contribution in [0.5, 0.6) is 5.88 Å². The van der Waals surface area contributed by atoms with Gasteiger partial charge in [0.05, 0.1) is 23.9 Å². The maximum atomic E-state index is 12.0. The second kappa shape index (κ2) is 4.58. The van der Waals surface area contributed by atoms with Gasteiger partial charge in [-0.25, -0.2) is 4.98 Å². The maximum absolute atomic E-state index is 12.0. The molecule has 1 heterocycles. The highest BCUT2D eigenvalue weighted by atomic mass is 19.4. The summed E-state index contributed by atoms with van der Waals surface area (Å²) in [6.07, 6.45) is -5.23. The van der Waals surface area contributed by atoms with E-state index in [1.165, 1.54) is 6.07 Å². The average Bonchev–Trinajstić information content (AvgIpc) is 2.20. The number of ether oxygens (including phenoxy) is 1. The summed E-state index contributed by atoms with van der Waals surface area (Å²) < 4.78 is 39.6. The Morgan fingerprint density at radius 2 is 2.06 bits per heavy atom. The lowest BCUT2D eigenvalue weighted by atomic mass is 10.2. The van der Waals surface area contributed by atoms with Crippen molar-refractivity contribution in [2.45, 2.75) is 12.8 Å². The number of halogens is 3. The molecule has 0 atom stereocenters. The number of aromatic nitrogens is 1. The fraction of sp³-hybridized carbons (Fsp3) is 0.222. The van der Waals surface area contributed by atoms with Crippen molar-refractivity contribution in [3.8, 4) is 18.0 Å². The normalized spacial score (nSPS) is 10.4. The molecule has 0 radical (unpaired) electrons. The van der Waals surface area contributed by atoms with Gasteiger partial charge in [0.15, 0.2) is 0 Å². The molecule has 0 aromatic carbocycles. The summed E-state index contributed by atoms with van der Waals surface area (Å²) in [4.78, 5) is 3.41. The molecule has 0 spiro atoms. The molecule has 0 aliphatic rings.